The monoisotopic (exact) mass is 480 g/mol. The van der Waals surface area contributed by atoms with E-state index in [2.05, 4.69) is 10.5 Å². The van der Waals surface area contributed by atoms with Gasteiger partial charge >= 0.3 is 5.97 Å². The van der Waals surface area contributed by atoms with E-state index in [0.29, 0.717) is 5.76 Å². The topological polar surface area (TPSA) is 171 Å². The van der Waals surface area contributed by atoms with Crippen molar-refractivity contribution in [2.24, 2.45) is 0 Å². The van der Waals surface area contributed by atoms with Crippen molar-refractivity contribution in [3.05, 3.63) is 75.0 Å². The molecular formula is C22H16N4O9. The molecule has 2 aromatic carbocycles. The molecule has 0 saturated heterocycles. The summed E-state index contributed by atoms with van der Waals surface area (Å²) in [6, 6.07) is 8.93. The largest absolute Gasteiger partial charge is 0.497 e. The molecule has 0 aliphatic carbocycles. The van der Waals surface area contributed by atoms with E-state index in [1.54, 1.807) is 6.92 Å². The summed E-state index contributed by atoms with van der Waals surface area (Å²) in [6.45, 7) is 0.840. The van der Waals surface area contributed by atoms with E-state index in [1.807, 2.05) is 0 Å². The zero-order valence-corrected chi connectivity index (χ0v) is 18.3. The van der Waals surface area contributed by atoms with Crippen molar-refractivity contribution in [2.45, 2.75) is 6.92 Å². The minimum atomic E-state index is -0.945. The number of fused-ring (bicyclic) bond motifs is 1. The van der Waals surface area contributed by atoms with Gasteiger partial charge in [0.05, 0.1) is 28.7 Å². The third-order valence-electron chi connectivity index (χ3n) is 4.98. The molecule has 1 aliphatic rings. The third kappa shape index (κ3) is 4.42. The fourth-order valence-electron chi connectivity index (χ4n) is 3.34. The number of ether oxygens (including phenoxy) is 2. The molecule has 1 aromatic heterocycles. The van der Waals surface area contributed by atoms with Crippen molar-refractivity contribution in [3.63, 3.8) is 0 Å². The van der Waals surface area contributed by atoms with Crippen molar-refractivity contribution in [1.29, 1.82) is 0 Å². The standard InChI is InChI=1S/C22H16N4O9/c1-11-7-18(24-35-11)25-20(28)14-5-3-12(8-15(14)21(25)29)22(30)34-10-19(27)23-16-9-13(33-2)4-6-17(16)26(31)32/h3-9H,10H2,1-2H3,(H,23,27). The van der Waals surface area contributed by atoms with Gasteiger partial charge in [-0.2, -0.15) is 0 Å². The molecule has 1 N–H and O–H groups in total. The summed E-state index contributed by atoms with van der Waals surface area (Å²) in [6.07, 6.45) is 0. The number of hydrogen-bond donors (Lipinski definition) is 1. The number of nitrogens with zero attached hydrogens (tertiary/aromatic N) is 3. The van der Waals surface area contributed by atoms with Crippen LogP contribution in [0.2, 0.25) is 0 Å². The molecule has 0 saturated carbocycles. The van der Waals surface area contributed by atoms with E-state index in [9.17, 15) is 29.3 Å². The highest BCUT2D eigenvalue weighted by molar-refractivity contribution is 6.34. The molecule has 35 heavy (non-hydrogen) atoms. The van der Waals surface area contributed by atoms with Gasteiger partial charge in [-0.15, -0.1) is 0 Å². The molecule has 3 aromatic rings. The van der Waals surface area contributed by atoms with Gasteiger partial charge in [-0.05, 0) is 31.2 Å². The number of carbonyl (C=O) groups excluding carboxylic acids is 4. The fraction of sp³-hybridized carbons (Fsp3) is 0.136. The predicted molar refractivity (Wildman–Crippen MR) is 117 cm³/mol. The van der Waals surface area contributed by atoms with Crippen LogP contribution in [-0.4, -0.2) is 47.5 Å². The molecule has 3 amide bonds. The first-order valence-electron chi connectivity index (χ1n) is 9.95. The fourth-order valence-corrected chi connectivity index (χ4v) is 3.34. The minimum absolute atomic E-state index is 0.0149. The Morgan fingerprint density at radius 1 is 1.11 bits per heavy atom. The highest BCUT2D eigenvalue weighted by Crippen LogP contribution is 2.30. The van der Waals surface area contributed by atoms with E-state index in [1.165, 1.54) is 43.5 Å². The summed E-state index contributed by atoms with van der Waals surface area (Å²) >= 11 is 0. The number of methoxy groups -OCH3 is 1. The summed E-state index contributed by atoms with van der Waals surface area (Å²) in [5, 5.41) is 17.1. The lowest BCUT2D eigenvalue weighted by atomic mass is 10.1. The van der Waals surface area contributed by atoms with Crippen molar-refractivity contribution < 1.29 is 38.1 Å². The van der Waals surface area contributed by atoms with Gasteiger partial charge in [-0.3, -0.25) is 24.5 Å². The lowest BCUT2D eigenvalue weighted by Gasteiger charge is -2.09. The second-order valence-corrected chi connectivity index (χ2v) is 7.27. The van der Waals surface area contributed by atoms with E-state index in [-0.39, 0.29) is 39.6 Å². The van der Waals surface area contributed by atoms with Crippen LogP contribution < -0.4 is 15.0 Å². The molecule has 0 spiro atoms. The average molecular weight is 480 g/mol. The first kappa shape index (κ1) is 23.1. The Balaban J connectivity index is 1.45. The van der Waals surface area contributed by atoms with Crippen LogP contribution in [0.5, 0.6) is 5.75 Å². The molecular weight excluding hydrogens is 464 g/mol. The number of aryl methyl sites for hydroxylation is 1. The number of nitrogens with one attached hydrogen (secondary N) is 1. The Morgan fingerprint density at radius 3 is 2.51 bits per heavy atom. The first-order valence-corrected chi connectivity index (χ1v) is 9.95. The molecule has 0 atom stereocenters. The van der Waals surface area contributed by atoms with Crippen molar-refractivity contribution >= 4 is 40.9 Å². The van der Waals surface area contributed by atoms with E-state index in [4.69, 9.17) is 14.0 Å². The average Bonchev–Trinajstić information content (AvgIpc) is 3.37. The summed E-state index contributed by atoms with van der Waals surface area (Å²) < 4.78 is 14.9. The number of nitro groups is 1. The van der Waals surface area contributed by atoms with Crippen LogP contribution in [-0.2, 0) is 9.53 Å². The number of imide groups is 1. The van der Waals surface area contributed by atoms with Crippen molar-refractivity contribution in [2.75, 3.05) is 23.9 Å². The number of hydrogen-bond acceptors (Lipinski definition) is 10. The minimum Gasteiger partial charge on any atom is -0.497 e. The molecule has 13 heteroatoms. The molecule has 1 aliphatic heterocycles. The molecule has 0 bridgehead atoms. The van der Waals surface area contributed by atoms with Crippen molar-refractivity contribution in [3.8, 4) is 5.75 Å². The SMILES string of the molecule is COc1ccc([N+](=O)[O-])c(NC(=O)COC(=O)c2ccc3c(c2)C(=O)N(c2cc(C)on2)C3=O)c1. The number of nitro benzene ring substituents is 1. The van der Waals surface area contributed by atoms with Gasteiger partial charge < -0.3 is 19.3 Å². The number of benzene rings is 2. The van der Waals surface area contributed by atoms with Crippen LogP contribution in [0.25, 0.3) is 0 Å². The van der Waals surface area contributed by atoms with Crippen LogP contribution in [0, 0.1) is 17.0 Å². The first-order chi connectivity index (χ1) is 16.7. The second-order valence-electron chi connectivity index (χ2n) is 7.27. The lowest BCUT2D eigenvalue weighted by Crippen LogP contribution is -2.29. The molecule has 4 rings (SSSR count). The van der Waals surface area contributed by atoms with Gasteiger partial charge in [-0.1, -0.05) is 5.16 Å². The molecule has 0 fully saturated rings. The van der Waals surface area contributed by atoms with Gasteiger partial charge in [0, 0.05) is 18.2 Å². The maximum atomic E-state index is 12.7. The number of esters is 1. The van der Waals surface area contributed by atoms with Crippen molar-refractivity contribution in [1.82, 2.24) is 5.16 Å². The van der Waals surface area contributed by atoms with E-state index >= 15 is 0 Å². The Hall–Kier alpha value is -5.07. The molecule has 0 unspecified atom stereocenters. The highest BCUT2D eigenvalue weighted by Gasteiger charge is 2.39. The van der Waals surface area contributed by atoms with E-state index in [0.717, 1.165) is 11.0 Å². The number of amides is 3. The van der Waals surface area contributed by atoms with Gasteiger partial charge in [0.25, 0.3) is 23.4 Å². The van der Waals surface area contributed by atoms with Crippen LogP contribution >= 0.6 is 0 Å². The van der Waals surface area contributed by atoms with Crippen LogP contribution in [0.4, 0.5) is 17.2 Å². The Kier molecular flexibility index (Phi) is 5.97. The zero-order valence-electron chi connectivity index (χ0n) is 18.3. The maximum absolute atomic E-state index is 12.7. The van der Waals surface area contributed by atoms with Crippen LogP contribution in [0.15, 0.2) is 47.0 Å². The van der Waals surface area contributed by atoms with Gasteiger partial charge in [0.2, 0.25) is 0 Å². The number of anilines is 2. The number of carbonyl (C=O) groups is 4. The summed E-state index contributed by atoms with van der Waals surface area (Å²) in [5.41, 5.74) is -0.570. The number of aromatic nitrogens is 1. The Bertz CT molecular complexity index is 1400. The molecule has 13 nitrogen and oxygen atoms in total. The Morgan fingerprint density at radius 2 is 1.86 bits per heavy atom. The lowest BCUT2D eigenvalue weighted by molar-refractivity contribution is -0.383. The summed E-state index contributed by atoms with van der Waals surface area (Å²) in [7, 11) is 1.36. The summed E-state index contributed by atoms with van der Waals surface area (Å²) in [4.78, 5) is 61.3. The van der Waals surface area contributed by atoms with Crippen LogP contribution in [0.1, 0.15) is 36.8 Å². The van der Waals surface area contributed by atoms with Gasteiger partial charge in [0.15, 0.2) is 12.4 Å². The summed E-state index contributed by atoms with van der Waals surface area (Å²) in [5.74, 6) is -2.42. The smallest absolute Gasteiger partial charge is 0.338 e. The molecule has 0 radical (unpaired) electrons. The zero-order chi connectivity index (χ0) is 25.3. The van der Waals surface area contributed by atoms with Crippen LogP contribution in [0.3, 0.4) is 0 Å². The normalized spacial score (nSPS) is 12.3. The maximum Gasteiger partial charge on any atom is 0.338 e. The molecule has 178 valence electrons. The number of rotatable bonds is 7. The van der Waals surface area contributed by atoms with E-state index < -0.39 is 35.2 Å². The van der Waals surface area contributed by atoms with Gasteiger partial charge in [0.1, 0.15) is 17.2 Å². The predicted octanol–water partition coefficient (Wildman–Crippen LogP) is 2.50. The third-order valence-corrected chi connectivity index (χ3v) is 4.98. The second kappa shape index (κ2) is 9.05. The van der Waals surface area contributed by atoms with Gasteiger partial charge in [-0.25, -0.2) is 9.69 Å². The highest BCUT2D eigenvalue weighted by atomic mass is 16.6. The molecule has 2 heterocycles. The Labute approximate surface area is 196 Å². The quantitative estimate of drug-likeness (QED) is 0.229.